The van der Waals surface area contributed by atoms with Gasteiger partial charge in [0.2, 0.25) is 0 Å². The van der Waals surface area contributed by atoms with Crippen molar-refractivity contribution in [3.63, 3.8) is 0 Å². The van der Waals surface area contributed by atoms with E-state index < -0.39 is 0 Å². The van der Waals surface area contributed by atoms with Crippen LogP contribution < -0.4 is 5.63 Å². The Kier molecular flexibility index (Phi) is 5.00. The van der Waals surface area contributed by atoms with Gasteiger partial charge in [0.25, 0.3) is 0 Å². The molecule has 2 aliphatic rings. The van der Waals surface area contributed by atoms with Crippen LogP contribution >= 0.6 is 0 Å². The van der Waals surface area contributed by atoms with Crippen molar-refractivity contribution in [2.45, 2.75) is 18.8 Å². The summed E-state index contributed by atoms with van der Waals surface area (Å²) in [6.45, 7) is 0. The summed E-state index contributed by atoms with van der Waals surface area (Å²) in [6, 6.07) is 35.8. The van der Waals surface area contributed by atoms with Gasteiger partial charge in [-0.3, -0.25) is 0 Å². The highest BCUT2D eigenvalue weighted by molar-refractivity contribution is 6.09. The third-order valence-corrected chi connectivity index (χ3v) is 9.34. The molecular formula is C39H26O3. The first kappa shape index (κ1) is 23.5. The van der Waals surface area contributed by atoms with Gasteiger partial charge in [-0.25, -0.2) is 4.79 Å². The monoisotopic (exact) mass is 542 g/mol. The van der Waals surface area contributed by atoms with Crippen LogP contribution in [-0.2, 0) is 6.42 Å². The maximum atomic E-state index is 13.0. The van der Waals surface area contributed by atoms with Gasteiger partial charge in [0.1, 0.15) is 16.7 Å². The summed E-state index contributed by atoms with van der Waals surface area (Å²) in [5.74, 6) is 0.700. The zero-order chi connectivity index (χ0) is 27.8. The Labute approximate surface area is 242 Å². The first-order valence-corrected chi connectivity index (χ1v) is 14.6. The first-order chi connectivity index (χ1) is 20.7. The lowest BCUT2D eigenvalue weighted by Crippen LogP contribution is -2.24. The number of hydrogen-bond donors (Lipinski definition) is 0. The number of fused-ring (bicyclic) bond motifs is 9. The molecule has 0 saturated carbocycles. The smallest absolute Gasteiger partial charge is 0.344 e. The van der Waals surface area contributed by atoms with Crippen molar-refractivity contribution >= 4 is 49.3 Å². The van der Waals surface area contributed by atoms with Crippen molar-refractivity contribution in [3.05, 3.63) is 148 Å². The molecule has 0 bridgehead atoms. The molecule has 0 N–H and O–H groups in total. The second kappa shape index (κ2) is 8.92. The summed E-state index contributed by atoms with van der Waals surface area (Å²) in [5.41, 5.74) is 9.61. The molecular weight excluding hydrogens is 516 g/mol. The van der Waals surface area contributed by atoms with Crippen LogP contribution in [0.15, 0.2) is 135 Å². The number of hydrogen-bond acceptors (Lipinski definition) is 3. The lowest BCUT2D eigenvalue weighted by Gasteiger charge is -2.37. The molecule has 0 radical (unpaired) electrons. The van der Waals surface area contributed by atoms with E-state index in [4.69, 9.17) is 8.83 Å². The Bertz CT molecular complexity index is 2330. The summed E-state index contributed by atoms with van der Waals surface area (Å²) >= 11 is 0. The summed E-state index contributed by atoms with van der Waals surface area (Å²) < 4.78 is 12.0. The van der Waals surface area contributed by atoms with Crippen molar-refractivity contribution in [2.75, 3.05) is 0 Å². The summed E-state index contributed by atoms with van der Waals surface area (Å²) in [4.78, 5) is 13.0. The Hall–Kier alpha value is -5.15. The molecule has 0 amide bonds. The lowest BCUT2D eigenvalue weighted by atomic mass is 9.67. The SMILES string of the molecule is O=c1oc2ccccc2c2cc3c(cc12)CC(c1ccc(-c2cccc4c2oc2ccccc24)cc1)C1CC=CC=C31. The maximum Gasteiger partial charge on any atom is 0.344 e. The second-order valence-electron chi connectivity index (χ2n) is 11.5. The predicted molar refractivity (Wildman–Crippen MR) is 171 cm³/mol. The minimum absolute atomic E-state index is 0.271. The highest BCUT2D eigenvalue weighted by Gasteiger charge is 2.34. The second-order valence-corrected chi connectivity index (χ2v) is 11.5. The molecule has 0 saturated heterocycles. The Balaban J connectivity index is 1.15. The van der Waals surface area contributed by atoms with E-state index >= 15 is 0 Å². The van der Waals surface area contributed by atoms with Crippen LogP contribution in [0, 0.1) is 5.92 Å². The van der Waals surface area contributed by atoms with Gasteiger partial charge in [-0.15, -0.1) is 0 Å². The number of allylic oxidation sites excluding steroid dienone is 4. The highest BCUT2D eigenvalue weighted by atomic mass is 16.4. The van der Waals surface area contributed by atoms with Crippen LogP contribution in [0.2, 0.25) is 0 Å². The highest BCUT2D eigenvalue weighted by Crippen LogP contribution is 2.48. The molecule has 200 valence electrons. The molecule has 2 unspecified atom stereocenters. The normalized spacial score (nSPS) is 18.0. The molecule has 0 fully saturated rings. The Morgan fingerprint density at radius 3 is 2.19 bits per heavy atom. The van der Waals surface area contributed by atoms with Crippen LogP contribution in [0.3, 0.4) is 0 Å². The summed E-state index contributed by atoms with van der Waals surface area (Å²) in [6.07, 6.45) is 8.62. The van der Waals surface area contributed by atoms with Crippen molar-refractivity contribution < 1.29 is 8.83 Å². The van der Waals surface area contributed by atoms with Crippen LogP contribution in [0.5, 0.6) is 0 Å². The zero-order valence-corrected chi connectivity index (χ0v) is 22.8. The minimum Gasteiger partial charge on any atom is -0.455 e. The summed E-state index contributed by atoms with van der Waals surface area (Å²) in [7, 11) is 0. The molecule has 42 heavy (non-hydrogen) atoms. The molecule has 2 aliphatic carbocycles. The molecule has 0 spiro atoms. The van der Waals surface area contributed by atoms with Crippen molar-refractivity contribution in [2.24, 2.45) is 5.92 Å². The van der Waals surface area contributed by atoms with Gasteiger partial charge >= 0.3 is 5.63 Å². The van der Waals surface area contributed by atoms with Crippen molar-refractivity contribution in [1.82, 2.24) is 0 Å². The van der Waals surface area contributed by atoms with Crippen LogP contribution in [0.25, 0.3) is 60.4 Å². The van der Waals surface area contributed by atoms with E-state index in [2.05, 4.69) is 85.0 Å². The molecule has 9 rings (SSSR count). The van der Waals surface area contributed by atoms with Crippen molar-refractivity contribution in [1.29, 1.82) is 0 Å². The fourth-order valence-corrected chi connectivity index (χ4v) is 7.34. The number of furan rings is 1. The van der Waals surface area contributed by atoms with Gasteiger partial charge in [-0.1, -0.05) is 97.1 Å². The fourth-order valence-electron chi connectivity index (χ4n) is 7.34. The molecule has 2 aromatic heterocycles. The third kappa shape index (κ3) is 3.43. The van der Waals surface area contributed by atoms with E-state index in [0.717, 1.165) is 56.7 Å². The first-order valence-electron chi connectivity index (χ1n) is 14.6. The molecule has 2 atom stereocenters. The van der Waals surface area contributed by atoms with Gasteiger partial charge in [0.05, 0.1) is 5.39 Å². The molecule has 2 heterocycles. The summed E-state index contributed by atoms with van der Waals surface area (Å²) in [5, 5.41) is 4.90. The van der Waals surface area contributed by atoms with E-state index in [1.807, 2.05) is 36.4 Å². The van der Waals surface area contributed by atoms with E-state index in [-0.39, 0.29) is 5.63 Å². The third-order valence-electron chi connectivity index (χ3n) is 9.34. The topological polar surface area (TPSA) is 43.4 Å². The van der Waals surface area contributed by atoms with E-state index in [9.17, 15) is 4.79 Å². The zero-order valence-electron chi connectivity index (χ0n) is 22.8. The Morgan fingerprint density at radius 2 is 1.36 bits per heavy atom. The predicted octanol–water partition coefficient (Wildman–Crippen LogP) is 9.81. The van der Waals surface area contributed by atoms with E-state index in [1.165, 1.54) is 22.3 Å². The van der Waals surface area contributed by atoms with Gasteiger partial charge in [0.15, 0.2) is 0 Å². The minimum atomic E-state index is -0.271. The molecule has 5 aromatic carbocycles. The number of para-hydroxylation sites is 3. The quantitative estimate of drug-likeness (QED) is 0.161. The van der Waals surface area contributed by atoms with Crippen LogP contribution in [0.4, 0.5) is 0 Å². The van der Waals surface area contributed by atoms with Gasteiger partial charge in [-0.05, 0) is 76.8 Å². The van der Waals surface area contributed by atoms with Crippen molar-refractivity contribution in [3.8, 4) is 11.1 Å². The fraction of sp³-hybridized carbons (Fsp3) is 0.103. The Morgan fingerprint density at radius 1 is 0.619 bits per heavy atom. The average molecular weight is 543 g/mol. The largest absolute Gasteiger partial charge is 0.455 e. The molecule has 3 nitrogen and oxygen atoms in total. The van der Waals surface area contributed by atoms with E-state index in [0.29, 0.717) is 22.8 Å². The number of rotatable bonds is 2. The number of benzene rings is 5. The van der Waals surface area contributed by atoms with Crippen LogP contribution in [-0.4, -0.2) is 0 Å². The molecule has 7 aromatic rings. The van der Waals surface area contributed by atoms with Gasteiger partial charge in [0, 0.05) is 27.1 Å². The molecule has 3 heteroatoms. The molecule has 0 aliphatic heterocycles. The lowest BCUT2D eigenvalue weighted by molar-refractivity contribution is 0.504. The standard InChI is InChI=1S/C39H26O3/c40-39-35-21-25-20-32(27-8-1-2-9-28(27)33(25)22-34(35)30-11-4-6-15-37(30)42-39)24-18-16-23(17-19-24)26-12-7-13-31-29-10-3-5-14-36(29)41-38(26)31/h1-7,9-19,21-22,27,32H,8,20H2. The van der Waals surface area contributed by atoms with Gasteiger partial charge < -0.3 is 8.83 Å². The maximum absolute atomic E-state index is 13.0. The van der Waals surface area contributed by atoms with Crippen LogP contribution in [0.1, 0.15) is 29.0 Å². The van der Waals surface area contributed by atoms with E-state index in [1.54, 1.807) is 0 Å². The average Bonchev–Trinajstić information content (AvgIpc) is 3.43. The van der Waals surface area contributed by atoms with Gasteiger partial charge in [-0.2, -0.15) is 0 Å².